The van der Waals surface area contributed by atoms with Crippen LogP contribution in [0.25, 0.3) is 5.69 Å². The molecule has 2 aliphatic carbocycles. The van der Waals surface area contributed by atoms with Crippen molar-refractivity contribution >= 4 is 18.3 Å². The maximum atomic E-state index is 13.0. The van der Waals surface area contributed by atoms with E-state index in [-0.39, 0.29) is 23.9 Å². The largest absolute Gasteiger partial charge is 0.344 e. The maximum Gasteiger partial charge on any atom is 0.272 e. The minimum atomic E-state index is -0.324. The highest BCUT2D eigenvalue weighted by Gasteiger charge is 2.42. The van der Waals surface area contributed by atoms with Gasteiger partial charge in [-0.2, -0.15) is 5.10 Å². The first-order valence-electron chi connectivity index (χ1n) is 9.23. The number of fused-ring (bicyclic) bond motifs is 1. The van der Waals surface area contributed by atoms with Crippen LogP contribution in [-0.4, -0.2) is 27.8 Å². The zero-order valence-electron chi connectivity index (χ0n) is 15.4. The number of amides is 1. The molecule has 1 unspecified atom stereocenters. The Kier molecular flexibility index (Phi) is 5.13. The van der Waals surface area contributed by atoms with Gasteiger partial charge in [-0.3, -0.25) is 4.79 Å². The normalized spacial score (nSPS) is 18.0. The summed E-state index contributed by atoms with van der Waals surface area (Å²) < 4.78 is 1.98. The number of nitrogens with zero attached hydrogens (tertiary/aromatic N) is 2. The fraction of sp³-hybridized carbons (Fsp3) is 0.500. The number of nitrogens with two attached hydrogens (primary N) is 1. The van der Waals surface area contributed by atoms with E-state index in [1.165, 1.54) is 5.69 Å². The topological polar surface area (TPSA) is 72.9 Å². The van der Waals surface area contributed by atoms with Crippen molar-refractivity contribution in [3.05, 3.63) is 46.8 Å². The average Bonchev–Trinajstić information content (AvgIpc) is 3.25. The van der Waals surface area contributed by atoms with E-state index in [4.69, 9.17) is 10.8 Å². The molecular formula is C20H27ClN4O. The van der Waals surface area contributed by atoms with Crippen LogP contribution in [0.3, 0.4) is 0 Å². The van der Waals surface area contributed by atoms with Gasteiger partial charge >= 0.3 is 0 Å². The molecule has 2 aromatic rings. The number of nitrogens with one attached hydrogen (secondary N) is 1. The summed E-state index contributed by atoms with van der Waals surface area (Å²) >= 11 is 0. The van der Waals surface area contributed by atoms with Gasteiger partial charge in [0.2, 0.25) is 0 Å². The second-order valence-corrected chi connectivity index (χ2v) is 7.68. The van der Waals surface area contributed by atoms with E-state index >= 15 is 0 Å². The Morgan fingerprint density at radius 3 is 2.73 bits per heavy atom. The van der Waals surface area contributed by atoms with E-state index in [1.54, 1.807) is 0 Å². The van der Waals surface area contributed by atoms with Crippen LogP contribution in [0, 0.1) is 12.8 Å². The van der Waals surface area contributed by atoms with Crippen molar-refractivity contribution in [3.63, 3.8) is 0 Å². The van der Waals surface area contributed by atoms with Crippen molar-refractivity contribution < 1.29 is 4.79 Å². The van der Waals surface area contributed by atoms with Gasteiger partial charge in [-0.25, -0.2) is 4.68 Å². The molecule has 0 radical (unpaired) electrons. The van der Waals surface area contributed by atoms with Gasteiger partial charge in [0.05, 0.1) is 11.2 Å². The summed E-state index contributed by atoms with van der Waals surface area (Å²) in [5.74, 6) is 0.415. The zero-order chi connectivity index (χ0) is 17.6. The van der Waals surface area contributed by atoms with Gasteiger partial charge < -0.3 is 11.1 Å². The SMILES string of the molecule is Cc1ccccc1-n1nc(C(=O)NC(C)(CN)C2CC2)c2c1CCC2.Cl. The fourth-order valence-electron chi connectivity index (χ4n) is 3.98. The molecule has 0 saturated heterocycles. The quantitative estimate of drug-likeness (QED) is 0.845. The van der Waals surface area contributed by atoms with Crippen molar-refractivity contribution in [2.24, 2.45) is 11.7 Å². The first kappa shape index (κ1) is 18.9. The van der Waals surface area contributed by atoms with E-state index in [1.807, 2.05) is 16.8 Å². The van der Waals surface area contributed by atoms with Crippen LogP contribution in [0.15, 0.2) is 24.3 Å². The van der Waals surface area contributed by atoms with Crippen LogP contribution in [0.2, 0.25) is 0 Å². The van der Waals surface area contributed by atoms with Crippen molar-refractivity contribution in [2.75, 3.05) is 6.54 Å². The Morgan fingerprint density at radius 2 is 2.08 bits per heavy atom. The summed E-state index contributed by atoms with van der Waals surface area (Å²) in [6, 6.07) is 8.19. The highest BCUT2D eigenvalue weighted by Crippen LogP contribution is 2.39. The molecule has 1 aromatic carbocycles. The summed E-state index contributed by atoms with van der Waals surface area (Å²) in [6.45, 7) is 4.60. The van der Waals surface area contributed by atoms with Gasteiger partial charge in [-0.1, -0.05) is 18.2 Å². The number of rotatable bonds is 5. The predicted octanol–water partition coefficient (Wildman–Crippen LogP) is 2.95. The number of carbonyl (C=O) groups is 1. The molecular weight excluding hydrogens is 348 g/mol. The van der Waals surface area contributed by atoms with Crippen LogP contribution in [0.5, 0.6) is 0 Å². The van der Waals surface area contributed by atoms with E-state index in [0.29, 0.717) is 18.2 Å². The summed E-state index contributed by atoms with van der Waals surface area (Å²) in [4.78, 5) is 13.0. The molecule has 6 heteroatoms. The van der Waals surface area contributed by atoms with Crippen molar-refractivity contribution in [1.29, 1.82) is 0 Å². The second kappa shape index (κ2) is 7.05. The predicted molar refractivity (Wildman–Crippen MR) is 105 cm³/mol. The van der Waals surface area contributed by atoms with Crippen LogP contribution >= 0.6 is 12.4 Å². The van der Waals surface area contributed by atoms with Crippen LogP contribution < -0.4 is 11.1 Å². The van der Waals surface area contributed by atoms with Crippen LogP contribution in [0.1, 0.15) is 53.5 Å². The molecule has 0 bridgehead atoms. The molecule has 140 valence electrons. The molecule has 0 aliphatic heterocycles. The lowest BCUT2D eigenvalue weighted by Gasteiger charge is -2.29. The lowest BCUT2D eigenvalue weighted by Crippen LogP contribution is -2.53. The van der Waals surface area contributed by atoms with E-state index < -0.39 is 0 Å². The molecule has 1 amide bonds. The summed E-state index contributed by atoms with van der Waals surface area (Å²) in [5, 5.41) is 7.92. The van der Waals surface area contributed by atoms with Gasteiger partial charge in [0, 0.05) is 17.8 Å². The molecule has 4 rings (SSSR count). The number of aromatic nitrogens is 2. The minimum Gasteiger partial charge on any atom is -0.344 e. The molecule has 5 nitrogen and oxygen atoms in total. The standard InChI is InChI=1S/C20H26N4O.ClH/c1-13-6-3-4-8-16(13)24-17-9-5-7-15(17)18(23-24)19(25)22-20(2,12-21)14-10-11-14;/h3-4,6,8,14H,5,7,9-12,21H2,1-2H3,(H,22,25);1H. The first-order valence-corrected chi connectivity index (χ1v) is 9.23. The smallest absolute Gasteiger partial charge is 0.272 e. The number of para-hydroxylation sites is 1. The number of carbonyl (C=O) groups excluding carboxylic acids is 1. The number of halogens is 1. The monoisotopic (exact) mass is 374 g/mol. The van der Waals surface area contributed by atoms with E-state index in [2.05, 4.69) is 31.3 Å². The molecule has 26 heavy (non-hydrogen) atoms. The molecule has 1 aromatic heterocycles. The maximum absolute atomic E-state index is 13.0. The van der Waals surface area contributed by atoms with Gasteiger partial charge in [0.1, 0.15) is 0 Å². The molecule has 2 aliphatic rings. The zero-order valence-corrected chi connectivity index (χ0v) is 16.2. The van der Waals surface area contributed by atoms with Crippen LogP contribution in [0.4, 0.5) is 0 Å². The van der Waals surface area contributed by atoms with E-state index in [0.717, 1.165) is 48.9 Å². The Balaban J connectivity index is 0.00000196. The Hall–Kier alpha value is -1.85. The lowest BCUT2D eigenvalue weighted by atomic mass is 9.95. The highest BCUT2D eigenvalue weighted by atomic mass is 35.5. The molecule has 0 spiro atoms. The Labute approximate surface area is 160 Å². The van der Waals surface area contributed by atoms with Crippen molar-refractivity contribution in [3.8, 4) is 5.69 Å². The number of aryl methyl sites for hydroxylation is 1. The summed E-state index contributed by atoms with van der Waals surface area (Å²) in [6.07, 6.45) is 5.26. The lowest BCUT2D eigenvalue weighted by molar-refractivity contribution is 0.0891. The highest BCUT2D eigenvalue weighted by molar-refractivity contribution is 5.95. The number of hydrogen-bond acceptors (Lipinski definition) is 3. The Bertz CT molecular complexity index is 827. The van der Waals surface area contributed by atoms with Gasteiger partial charge in [0.25, 0.3) is 5.91 Å². The third-order valence-corrected chi connectivity index (χ3v) is 5.79. The molecule has 1 saturated carbocycles. The fourth-order valence-corrected chi connectivity index (χ4v) is 3.98. The Morgan fingerprint density at radius 1 is 1.35 bits per heavy atom. The van der Waals surface area contributed by atoms with Crippen LogP contribution in [-0.2, 0) is 12.8 Å². The van der Waals surface area contributed by atoms with Gasteiger partial charge in [-0.15, -0.1) is 12.4 Å². The second-order valence-electron chi connectivity index (χ2n) is 7.68. The minimum absolute atomic E-state index is 0. The molecule has 1 fully saturated rings. The molecule has 1 heterocycles. The summed E-state index contributed by atoms with van der Waals surface area (Å²) in [5.41, 5.74) is 10.7. The molecule has 3 N–H and O–H groups in total. The first-order chi connectivity index (χ1) is 12.0. The van der Waals surface area contributed by atoms with Gasteiger partial charge in [0.15, 0.2) is 5.69 Å². The van der Waals surface area contributed by atoms with Gasteiger partial charge in [-0.05, 0) is 63.5 Å². The average molecular weight is 375 g/mol. The molecule has 1 atom stereocenters. The number of hydrogen-bond donors (Lipinski definition) is 2. The van der Waals surface area contributed by atoms with Crippen molar-refractivity contribution in [1.82, 2.24) is 15.1 Å². The van der Waals surface area contributed by atoms with Crippen molar-refractivity contribution in [2.45, 2.75) is 51.5 Å². The summed E-state index contributed by atoms with van der Waals surface area (Å²) in [7, 11) is 0. The van der Waals surface area contributed by atoms with E-state index in [9.17, 15) is 4.79 Å². The third kappa shape index (κ3) is 3.14. The number of benzene rings is 1. The third-order valence-electron chi connectivity index (χ3n) is 5.79.